The van der Waals surface area contributed by atoms with Crippen molar-refractivity contribution in [2.75, 3.05) is 12.4 Å². The molecule has 2 heterocycles. The molecule has 0 aliphatic carbocycles. The van der Waals surface area contributed by atoms with Gasteiger partial charge in [0.2, 0.25) is 0 Å². The van der Waals surface area contributed by atoms with E-state index in [1.54, 1.807) is 32.1 Å². The van der Waals surface area contributed by atoms with E-state index in [0.29, 0.717) is 18.1 Å². The monoisotopic (exact) mass is 465 g/mol. The minimum Gasteiger partial charge on any atom is -0.355 e. The number of carbonyl (C=O) groups is 2. The molecule has 7 nitrogen and oxygen atoms in total. The molecule has 0 saturated heterocycles. The number of hydrogen-bond donors (Lipinski definition) is 2. The Kier molecular flexibility index (Phi) is 6.54. The first-order chi connectivity index (χ1) is 15.0. The van der Waals surface area contributed by atoms with Crippen molar-refractivity contribution in [2.45, 2.75) is 26.4 Å². The molecule has 3 rings (SSSR count). The molecule has 11 heteroatoms. The van der Waals surface area contributed by atoms with Crippen molar-refractivity contribution in [3.05, 3.63) is 63.5 Å². The lowest BCUT2D eigenvalue weighted by Crippen LogP contribution is -2.23. The average Bonchev–Trinajstić information content (AvgIpc) is 3.06. The number of amides is 2. The predicted molar refractivity (Wildman–Crippen MR) is 116 cm³/mol. The summed E-state index contributed by atoms with van der Waals surface area (Å²) in [5, 5.41) is 8.58. The first kappa shape index (κ1) is 23.3. The highest BCUT2D eigenvalue weighted by atomic mass is 35.5. The van der Waals surface area contributed by atoms with Gasteiger partial charge in [0.15, 0.2) is 11.5 Å². The highest BCUT2D eigenvalue weighted by molar-refractivity contribution is 6.33. The van der Waals surface area contributed by atoms with Gasteiger partial charge in [-0.15, -0.1) is 0 Å². The number of anilines is 1. The lowest BCUT2D eigenvalue weighted by atomic mass is 10.0. The van der Waals surface area contributed by atoms with Crippen molar-refractivity contribution in [3.8, 4) is 0 Å². The summed E-state index contributed by atoms with van der Waals surface area (Å²) in [7, 11) is 1.43. The minimum absolute atomic E-state index is 0.0159. The predicted octanol–water partition coefficient (Wildman–Crippen LogP) is 4.53. The Balaban J connectivity index is 2.13. The Bertz CT molecular complexity index is 1180. The summed E-state index contributed by atoms with van der Waals surface area (Å²) < 4.78 is 40.9. The van der Waals surface area contributed by atoms with Crippen LogP contribution in [0.2, 0.25) is 0 Å². The summed E-state index contributed by atoms with van der Waals surface area (Å²) in [6.07, 6.45) is 0.176. The van der Waals surface area contributed by atoms with Gasteiger partial charge in [0.05, 0.1) is 16.3 Å². The molecule has 0 bridgehead atoms. The van der Waals surface area contributed by atoms with Gasteiger partial charge in [0, 0.05) is 25.7 Å². The number of nitrogens with one attached hydrogen (secondary N) is 2. The molecule has 168 valence electrons. The van der Waals surface area contributed by atoms with E-state index in [1.165, 1.54) is 19.3 Å². The fourth-order valence-electron chi connectivity index (χ4n) is 3.13. The third-order valence-electron chi connectivity index (χ3n) is 4.56. The first-order valence-electron chi connectivity index (χ1n) is 9.44. The molecule has 0 fully saturated rings. The van der Waals surface area contributed by atoms with Gasteiger partial charge in [0.1, 0.15) is 5.69 Å². The zero-order valence-corrected chi connectivity index (χ0v) is 18.1. The van der Waals surface area contributed by atoms with E-state index >= 15 is 0 Å². The Morgan fingerprint density at radius 3 is 2.53 bits per heavy atom. The second-order valence-corrected chi connectivity index (χ2v) is 7.39. The Morgan fingerprint density at radius 2 is 1.88 bits per heavy atom. The number of nitrogens with zero attached hydrogens (tertiary/aromatic N) is 3. The van der Waals surface area contributed by atoms with Crippen LogP contribution in [0.4, 0.5) is 18.9 Å². The first-order valence-corrected chi connectivity index (χ1v) is 9.82. The summed E-state index contributed by atoms with van der Waals surface area (Å²) in [4.78, 5) is 29.5. The molecule has 1 aromatic carbocycles. The van der Waals surface area contributed by atoms with Crippen molar-refractivity contribution in [1.82, 2.24) is 15.1 Å². The molecule has 1 aromatic heterocycles. The van der Waals surface area contributed by atoms with Crippen molar-refractivity contribution in [3.63, 3.8) is 0 Å². The topological polar surface area (TPSA) is 88.4 Å². The largest absolute Gasteiger partial charge is 0.435 e. The van der Waals surface area contributed by atoms with Gasteiger partial charge in [-0.3, -0.25) is 9.59 Å². The normalized spacial score (nSPS) is 13.8. The molecule has 32 heavy (non-hydrogen) atoms. The van der Waals surface area contributed by atoms with Crippen LogP contribution in [-0.4, -0.2) is 34.9 Å². The smallest absolute Gasteiger partial charge is 0.355 e. The van der Waals surface area contributed by atoms with Gasteiger partial charge in [-0.1, -0.05) is 23.7 Å². The standard InChI is InChI=1S/C21H19ClF3N5O2/c1-11-8-12(2)17(13(9-11)19(31)26-3)28-20(32)15-10-16(21(23,24)25)29-30(15)18-14(22)6-4-5-7-27-18/h4,6-10H,5H2,1-3H3,(H,26,31)(H,28,32). The SMILES string of the molecule is CNC(=O)c1cc(C)cc(C)c1NC(=O)c1cc(C(F)(F)F)nn1C1=C(Cl)C=CCC=N1. The van der Waals surface area contributed by atoms with Crippen molar-refractivity contribution in [2.24, 2.45) is 4.99 Å². The number of halogens is 4. The Hall–Kier alpha value is -3.40. The van der Waals surface area contributed by atoms with Crippen LogP contribution in [0.5, 0.6) is 0 Å². The molecule has 0 saturated carbocycles. The Labute approximate surface area is 186 Å². The van der Waals surface area contributed by atoms with Crippen LogP contribution in [0.25, 0.3) is 5.82 Å². The van der Waals surface area contributed by atoms with E-state index in [2.05, 4.69) is 20.7 Å². The fraction of sp³-hybridized carbons (Fsp3) is 0.238. The molecule has 1 aliphatic heterocycles. The van der Waals surface area contributed by atoms with Crippen molar-refractivity contribution < 1.29 is 22.8 Å². The third kappa shape index (κ3) is 4.75. The molecule has 2 amide bonds. The van der Waals surface area contributed by atoms with E-state index in [4.69, 9.17) is 11.6 Å². The molecule has 1 aliphatic rings. The number of rotatable bonds is 4. The number of benzene rings is 1. The van der Waals surface area contributed by atoms with Crippen LogP contribution in [0.3, 0.4) is 0 Å². The maximum Gasteiger partial charge on any atom is 0.435 e. The van der Waals surface area contributed by atoms with E-state index in [0.717, 1.165) is 10.2 Å². The minimum atomic E-state index is -4.80. The molecule has 2 aromatic rings. The summed E-state index contributed by atoms with van der Waals surface area (Å²) >= 11 is 6.16. The van der Waals surface area contributed by atoms with Crippen molar-refractivity contribution in [1.29, 1.82) is 0 Å². The van der Waals surface area contributed by atoms with E-state index in [9.17, 15) is 22.8 Å². The maximum absolute atomic E-state index is 13.4. The number of aromatic nitrogens is 2. The third-order valence-corrected chi connectivity index (χ3v) is 4.85. The number of carbonyl (C=O) groups excluding carboxylic acids is 2. The van der Waals surface area contributed by atoms with Gasteiger partial charge in [0.25, 0.3) is 11.8 Å². The number of allylic oxidation sites excluding steroid dienone is 3. The maximum atomic E-state index is 13.4. The highest BCUT2D eigenvalue weighted by Crippen LogP contribution is 2.32. The highest BCUT2D eigenvalue weighted by Gasteiger charge is 2.37. The summed E-state index contributed by atoms with van der Waals surface area (Å²) in [5.74, 6) is -1.50. The van der Waals surface area contributed by atoms with Crippen LogP contribution >= 0.6 is 11.6 Å². The van der Waals surface area contributed by atoms with Crippen molar-refractivity contribution >= 4 is 41.1 Å². The van der Waals surface area contributed by atoms with Gasteiger partial charge >= 0.3 is 6.18 Å². The fourth-order valence-corrected chi connectivity index (χ4v) is 3.35. The van der Waals surface area contributed by atoms with Crippen LogP contribution in [-0.2, 0) is 6.18 Å². The van der Waals surface area contributed by atoms with Crippen LogP contribution in [0.15, 0.2) is 40.4 Å². The van der Waals surface area contributed by atoms with Gasteiger partial charge in [-0.25, -0.2) is 9.67 Å². The molecule has 0 radical (unpaired) electrons. The van der Waals surface area contributed by atoms with E-state index in [-0.39, 0.29) is 22.1 Å². The summed E-state index contributed by atoms with van der Waals surface area (Å²) in [5.41, 5.74) is -0.0403. The second-order valence-electron chi connectivity index (χ2n) is 6.98. The molecule has 0 atom stereocenters. The second kappa shape index (κ2) is 8.99. The molecule has 0 unspecified atom stereocenters. The number of alkyl halides is 3. The molecular weight excluding hydrogens is 447 g/mol. The van der Waals surface area contributed by atoms with E-state index in [1.807, 2.05) is 0 Å². The summed E-state index contributed by atoms with van der Waals surface area (Å²) in [6, 6.07) is 3.92. The van der Waals surface area contributed by atoms with Gasteiger partial charge in [-0.05, 0) is 37.1 Å². The van der Waals surface area contributed by atoms with E-state index < -0.39 is 29.4 Å². The lowest BCUT2D eigenvalue weighted by molar-refractivity contribution is -0.141. The molecule has 0 spiro atoms. The van der Waals surface area contributed by atoms with Crippen LogP contribution in [0, 0.1) is 13.8 Å². The number of aliphatic imine (C=N–C) groups is 1. The van der Waals surface area contributed by atoms with Gasteiger partial charge < -0.3 is 10.6 Å². The zero-order valence-electron chi connectivity index (χ0n) is 17.3. The summed E-state index contributed by atoms with van der Waals surface area (Å²) in [6.45, 7) is 3.45. The average molecular weight is 466 g/mol. The molecule has 2 N–H and O–H groups in total. The number of hydrogen-bond acceptors (Lipinski definition) is 4. The van der Waals surface area contributed by atoms with Crippen LogP contribution in [0.1, 0.15) is 44.1 Å². The lowest BCUT2D eigenvalue weighted by Gasteiger charge is -2.15. The van der Waals surface area contributed by atoms with Gasteiger partial charge in [-0.2, -0.15) is 18.3 Å². The zero-order chi connectivity index (χ0) is 23.6. The molecular formula is C21H19ClF3N5O2. The Morgan fingerprint density at radius 1 is 1.16 bits per heavy atom. The van der Waals surface area contributed by atoms with Crippen LogP contribution < -0.4 is 10.6 Å². The number of aryl methyl sites for hydroxylation is 2. The quantitative estimate of drug-likeness (QED) is 0.695.